The second-order valence-electron chi connectivity index (χ2n) is 7.18. The minimum atomic E-state index is -0.379. The first-order valence-electron chi connectivity index (χ1n) is 9.56. The first kappa shape index (κ1) is 19.4. The van der Waals surface area contributed by atoms with Crippen LogP contribution >= 0.6 is 0 Å². The largest absolute Gasteiger partial charge is 0.369 e. The predicted octanol–water partition coefficient (Wildman–Crippen LogP) is 4.72. The number of primary amides is 1. The molecule has 1 amide bonds. The maximum absolute atomic E-state index is 12.5. The number of nitrogens with two attached hydrogens (primary N) is 1. The molecule has 3 heteroatoms. The molecule has 2 rings (SSSR count). The van der Waals surface area contributed by atoms with E-state index in [2.05, 4.69) is 50.0 Å². The van der Waals surface area contributed by atoms with Crippen LogP contribution in [0.3, 0.4) is 0 Å². The molecule has 25 heavy (non-hydrogen) atoms. The zero-order chi connectivity index (χ0) is 18.6. The van der Waals surface area contributed by atoms with Crippen LogP contribution in [-0.2, 0) is 23.1 Å². The monoisotopic (exact) mass is 340 g/mol. The van der Waals surface area contributed by atoms with Crippen molar-refractivity contribution in [2.75, 3.05) is 0 Å². The SMILES string of the molecule is CCCCC1(c2c(CC)cccc2CC)C=C(C)N=C(C)C1C(N)=O. The fourth-order valence-electron chi connectivity index (χ4n) is 4.53. The third-order valence-electron chi connectivity index (χ3n) is 5.44. The molecule has 0 saturated heterocycles. The molecule has 0 saturated carbocycles. The lowest BCUT2D eigenvalue weighted by Crippen LogP contribution is -2.48. The summed E-state index contributed by atoms with van der Waals surface area (Å²) in [6.45, 7) is 10.5. The van der Waals surface area contributed by atoms with E-state index in [1.165, 1.54) is 16.7 Å². The van der Waals surface area contributed by atoms with Crippen molar-refractivity contribution in [2.24, 2.45) is 16.6 Å². The van der Waals surface area contributed by atoms with E-state index in [4.69, 9.17) is 5.73 Å². The number of benzene rings is 1. The Kier molecular flexibility index (Phi) is 6.21. The van der Waals surface area contributed by atoms with Crippen LogP contribution < -0.4 is 5.73 Å². The minimum Gasteiger partial charge on any atom is -0.369 e. The van der Waals surface area contributed by atoms with Gasteiger partial charge in [0, 0.05) is 16.8 Å². The molecular weight excluding hydrogens is 308 g/mol. The molecule has 0 fully saturated rings. The quantitative estimate of drug-likeness (QED) is 0.767. The van der Waals surface area contributed by atoms with Crippen LogP contribution in [0.2, 0.25) is 0 Å². The summed E-state index contributed by atoms with van der Waals surface area (Å²) in [4.78, 5) is 17.1. The first-order chi connectivity index (χ1) is 11.9. The molecule has 1 aromatic carbocycles. The molecule has 2 N–H and O–H groups in total. The smallest absolute Gasteiger partial charge is 0.227 e. The van der Waals surface area contributed by atoms with Gasteiger partial charge in [0.2, 0.25) is 5.91 Å². The number of aryl methyl sites for hydroxylation is 2. The van der Waals surface area contributed by atoms with Gasteiger partial charge in [-0.25, -0.2) is 0 Å². The standard InChI is InChI=1S/C22H32N2O/c1-6-9-13-22(14-15(4)24-16(5)19(22)21(23)25)20-17(7-2)11-10-12-18(20)8-3/h10-12,14,19H,6-9,13H2,1-5H3,(H2,23,25). The summed E-state index contributed by atoms with van der Waals surface area (Å²) in [6.07, 6.45) is 7.19. The molecule has 1 aromatic rings. The highest BCUT2D eigenvalue weighted by atomic mass is 16.1. The second-order valence-corrected chi connectivity index (χ2v) is 7.18. The molecule has 0 aromatic heterocycles. The van der Waals surface area contributed by atoms with Gasteiger partial charge in [0.15, 0.2) is 0 Å². The van der Waals surface area contributed by atoms with Crippen molar-refractivity contribution in [1.82, 2.24) is 0 Å². The van der Waals surface area contributed by atoms with Gasteiger partial charge >= 0.3 is 0 Å². The van der Waals surface area contributed by atoms with Gasteiger partial charge in [0.25, 0.3) is 0 Å². The number of amides is 1. The zero-order valence-corrected chi connectivity index (χ0v) is 16.4. The highest BCUT2D eigenvalue weighted by molar-refractivity contribution is 6.05. The molecule has 0 spiro atoms. The highest BCUT2D eigenvalue weighted by Gasteiger charge is 2.46. The van der Waals surface area contributed by atoms with Gasteiger partial charge < -0.3 is 5.73 Å². The van der Waals surface area contributed by atoms with Gasteiger partial charge in [-0.15, -0.1) is 0 Å². The minimum absolute atomic E-state index is 0.269. The molecule has 136 valence electrons. The van der Waals surface area contributed by atoms with Crippen molar-refractivity contribution in [3.05, 3.63) is 46.7 Å². The molecule has 2 unspecified atom stereocenters. The Morgan fingerprint density at radius 2 is 1.76 bits per heavy atom. The number of nitrogens with zero attached hydrogens (tertiary/aromatic N) is 1. The van der Waals surface area contributed by atoms with E-state index in [-0.39, 0.29) is 17.2 Å². The summed E-state index contributed by atoms with van der Waals surface area (Å²) in [5, 5.41) is 0. The van der Waals surface area contributed by atoms with Crippen LogP contribution in [0.4, 0.5) is 0 Å². The van der Waals surface area contributed by atoms with Crippen LogP contribution in [0.5, 0.6) is 0 Å². The summed E-state index contributed by atoms with van der Waals surface area (Å²) in [6, 6.07) is 6.53. The van der Waals surface area contributed by atoms with Crippen LogP contribution in [0.1, 0.15) is 70.6 Å². The number of carbonyl (C=O) groups is 1. The Morgan fingerprint density at radius 1 is 1.16 bits per heavy atom. The highest BCUT2D eigenvalue weighted by Crippen LogP contribution is 2.46. The second kappa shape index (κ2) is 7.99. The van der Waals surface area contributed by atoms with Gasteiger partial charge in [-0.2, -0.15) is 0 Å². The van der Waals surface area contributed by atoms with Crippen LogP contribution in [0.25, 0.3) is 0 Å². The molecule has 0 radical (unpaired) electrons. The van der Waals surface area contributed by atoms with Crippen molar-refractivity contribution in [3.63, 3.8) is 0 Å². The lowest BCUT2D eigenvalue weighted by molar-refractivity contribution is -0.121. The average Bonchev–Trinajstić information content (AvgIpc) is 2.57. The maximum Gasteiger partial charge on any atom is 0.227 e. The zero-order valence-electron chi connectivity index (χ0n) is 16.4. The molecule has 3 nitrogen and oxygen atoms in total. The molecule has 0 aliphatic carbocycles. The van der Waals surface area contributed by atoms with E-state index in [1.54, 1.807) is 0 Å². The van der Waals surface area contributed by atoms with Crippen LogP contribution in [0.15, 0.2) is 35.0 Å². The number of aliphatic imine (C=N–C) groups is 1. The van der Waals surface area contributed by atoms with Crippen molar-refractivity contribution in [3.8, 4) is 0 Å². The first-order valence-corrected chi connectivity index (χ1v) is 9.56. The van der Waals surface area contributed by atoms with Gasteiger partial charge in [-0.1, -0.05) is 57.9 Å². The molecular formula is C22H32N2O. The Balaban J connectivity index is 2.83. The third kappa shape index (κ3) is 3.56. The normalized spacial score (nSPS) is 23.2. The van der Waals surface area contributed by atoms with Gasteiger partial charge in [-0.3, -0.25) is 9.79 Å². The Labute approximate surface area is 152 Å². The number of rotatable bonds is 7. The lowest BCUT2D eigenvalue weighted by Gasteiger charge is -2.42. The topological polar surface area (TPSA) is 55.4 Å². The summed E-state index contributed by atoms with van der Waals surface area (Å²) in [5.74, 6) is -0.644. The Hall–Kier alpha value is -1.90. The van der Waals surface area contributed by atoms with Crippen molar-refractivity contribution in [2.45, 2.75) is 72.1 Å². The molecule has 1 aliphatic heterocycles. The molecule has 1 heterocycles. The Morgan fingerprint density at radius 3 is 2.24 bits per heavy atom. The predicted molar refractivity (Wildman–Crippen MR) is 106 cm³/mol. The van der Waals surface area contributed by atoms with E-state index in [1.807, 2.05) is 13.8 Å². The van der Waals surface area contributed by atoms with E-state index in [9.17, 15) is 4.79 Å². The van der Waals surface area contributed by atoms with Gasteiger partial charge in [0.1, 0.15) is 0 Å². The van der Waals surface area contributed by atoms with Gasteiger partial charge in [0.05, 0.1) is 5.92 Å². The van der Waals surface area contributed by atoms with E-state index in [0.29, 0.717) is 0 Å². The van der Waals surface area contributed by atoms with Crippen molar-refractivity contribution >= 4 is 11.6 Å². The molecule has 2 atom stereocenters. The summed E-state index contributed by atoms with van der Waals surface area (Å²) in [7, 11) is 0. The van der Waals surface area contributed by atoms with Crippen molar-refractivity contribution < 1.29 is 4.79 Å². The van der Waals surface area contributed by atoms with Crippen LogP contribution in [0, 0.1) is 5.92 Å². The molecule has 0 bridgehead atoms. The van der Waals surface area contributed by atoms with E-state index < -0.39 is 0 Å². The number of carbonyl (C=O) groups excluding carboxylic acids is 1. The summed E-state index contributed by atoms with van der Waals surface area (Å²) in [5.41, 5.74) is 11.3. The molecule has 1 aliphatic rings. The number of hydrogen-bond donors (Lipinski definition) is 1. The third-order valence-corrected chi connectivity index (χ3v) is 5.44. The van der Waals surface area contributed by atoms with Gasteiger partial charge in [-0.05, 0) is 49.8 Å². The number of hydrogen-bond acceptors (Lipinski definition) is 2. The fraction of sp³-hybridized carbons (Fsp3) is 0.545. The summed E-state index contributed by atoms with van der Waals surface area (Å²) >= 11 is 0. The van der Waals surface area contributed by atoms with E-state index in [0.717, 1.165) is 43.5 Å². The average molecular weight is 341 g/mol. The number of unbranched alkanes of at least 4 members (excludes halogenated alkanes) is 1. The lowest BCUT2D eigenvalue weighted by atomic mass is 9.61. The van der Waals surface area contributed by atoms with E-state index >= 15 is 0 Å². The Bertz CT molecular complexity index is 680. The fourth-order valence-corrected chi connectivity index (χ4v) is 4.53. The summed E-state index contributed by atoms with van der Waals surface area (Å²) < 4.78 is 0. The van der Waals surface area contributed by atoms with Crippen molar-refractivity contribution in [1.29, 1.82) is 0 Å². The maximum atomic E-state index is 12.5. The van der Waals surface area contributed by atoms with Crippen LogP contribution in [-0.4, -0.2) is 11.6 Å². The number of allylic oxidation sites excluding steroid dienone is 2.